The Morgan fingerprint density at radius 2 is 0.463 bits per heavy atom. The minimum absolute atomic E-state index is 0.248. The summed E-state index contributed by atoms with van der Waals surface area (Å²) in [6.07, 6.45) is 15.1. The van der Waals surface area contributed by atoms with E-state index in [-0.39, 0.29) is 18.8 Å². The second-order valence-corrected chi connectivity index (χ2v) is 14.1. The van der Waals surface area contributed by atoms with E-state index in [0.29, 0.717) is 145 Å². The maximum atomic E-state index is 10.6. The van der Waals surface area contributed by atoms with E-state index in [1.54, 1.807) is 0 Å². The van der Waals surface area contributed by atoms with Crippen LogP contribution in [0.5, 0.6) is 0 Å². The van der Waals surface area contributed by atoms with E-state index in [4.69, 9.17) is 61.4 Å². The predicted octanol–water partition coefficient (Wildman–Crippen LogP) is 4.77. The molecule has 0 aromatic rings. The van der Waals surface area contributed by atoms with Gasteiger partial charge in [-0.15, -0.1) is 0 Å². The number of ether oxygens (including phenoxy) is 12. The Morgan fingerprint density at radius 1 is 0.278 bits per heavy atom. The van der Waals surface area contributed by atoms with Gasteiger partial charge in [0, 0.05) is 13.2 Å². The zero-order valence-electron chi connectivity index (χ0n) is 33.7. The third-order valence-corrected chi connectivity index (χ3v) is 8.48. The number of rotatable bonds is 49. The molecule has 0 aliphatic carbocycles. The molecule has 0 rings (SSSR count). The highest BCUT2D eigenvalue weighted by atomic mass is 32.2. The Kier molecular flexibility index (Phi) is 46.3. The lowest BCUT2D eigenvalue weighted by molar-refractivity contribution is -0.0283. The molecule has 0 radical (unpaired) electrons. The summed E-state index contributed by atoms with van der Waals surface area (Å²) in [6, 6.07) is 0. The van der Waals surface area contributed by atoms with Crippen molar-refractivity contribution in [1.82, 2.24) is 0 Å². The molecule has 1 N–H and O–H groups in total. The topological polar surface area (TPSA) is 165 Å². The van der Waals surface area contributed by atoms with Crippen LogP contribution in [0, 0.1) is 0 Å². The molecule has 0 aliphatic rings. The van der Waals surface area contributed by atoms with Gasteiger partial charge in [-0.2, -0.15) is 8.42 Å². The molecule has 15 nitrogen and oxygen atoms in total. The van der Waals surface area contributed by atoms with Crippen LogP contribution in [0.25, 0.3) is 0 Å². The summed E-state index contributed by atoms with van der Waals surface area (Å²) in [5.74, 6) is -0.303. The van der Waals surface area contributed by atoms with Crippen molar-refractivity contribution >= 4 is 10.1 Å². The molecule has 0 bridgehead atoms. The largest absolute Gasteiger partial charge is 0.379 e. The van der Waals surface area contributed by atoms with E-state index in [9.17, 15) is 8.42 Å². The van der Waals surface area contributed by atoms with E-state index in [0.717, 1.165) is 13.0 Å². The Balaban J connectivity index is 3.07. The van der Waals surface area contributed by atoms with Gasteiger partial charge in [-0.05, 0) is 12.8 Å². The van der Waals surface area contributed by atoms with Crippen LogP contribution in [-0.4, -0.2) is 177 Å². The van der Waals surface area contributed by atoms with Crippen molar-refractivity contribution in [1.29, 1.82) is 0 Å². The van der Waals surface area contributed by atoms with Crippen LogP contribution in [-0.2, 0) is 67.0 Å². The minimum Gasteiger partial charge on any atom is -0.379 e. The van der Waals surface area contributed by atoms with Crippen molar-refractivity contribution in [3.05, 3.63) is 0 Å². The zero-order valence-corrected chi connectivity index (χ0v) is 34.6. The van der Waals surface area contributed by atoms with Crippen molar-refractivity contribution in [2.45, 2.75) is 84.0 Å². The second kappa shape index (κ2) is 46.8. The highest BCUT2D eigenvalue weighted by molar-refractivity contribution is 7.85. The van der Waals surface area contributed by atoms with Crippen LogP contribution in [0.1, 0.15) is 84.0 Å². The van der Waals surface area contributed by atoms with Gasteiger partial charge < -0.3 is 56.8 Å². The monoisotopic (exact) mass is 807 g/mol. The Morgan fingerprint density at radius 3 is 0.685 bits per heavy atom. The van der Waals surface area contributed by atoms with E-state index >= 15 is 0 Å². The maximum Gasteiger partial charge on any atom is 0.264 e. The summed E-state index contributed by atoms with van der Waals surface area (Å²) in [4.78, 5) is 0. The van der Waals surface area contributed by atoms with E-state index < -0.39 is 10.1 Å². The molecular formula is C38H78O15S. The molecule has 0 aromatic heterocycles. The highest BCUT2D eigenvalue weighted by Gasteiger charge is 2.03. The third kappa shape index (κ3) is 51.4. The first-order chi connectivity index (χ1) is 26.6. The number of hydrogen-bond donors (Lipinski definition) is 1. The highest BCUT2D eigenvalue weighted by Crippen LogP contribution is 2.11. The van der Waals surface area contributed by atoms with Crippen LogP contribution in [0.3, 0.4) is 0 Å². The standard InChI is InChI=1S/C38H78O15S/c1-2-3-4-5-6-7-8-9-10-11-12-14-42-16-18-44-20-22-46-24-26-48-28-30-50-32-34-52-36-37-53-35-33-51-31-29-49-27-25-47-23-21-45-19-17-43-15-13-38-54(39,40)41/h2-38H2,1H3,(H,39,40,41). The van der Waals surface area contributed by atoms with Crippen molar-refractivity contribution in [2.75, 3.05) is 164 Å². The first-order valence-electron chi connectivity index (χ1n) is 20.4. The molecule has 0 fully saturated rings. The number of unbranched alkanes of at least 4 members (excludes halogenated alkanes) is 10. The molecule has 0 aliphatic heterocycles. The smallest absolute Gasteiger partial charge is 0.264 e. The molecule has 0 unspecified atom stereocenters. The average molecular weight is 807 g/mol. The fraction of sp³-hybridized carbons (Fsp3) is 1.00. The Hall–Kier alpha value is -0.570. The van der Waals surface area contributed by atoms with Gasteiger partial charge in [0.1, 0.15) is 0 Å². The lowest BCUT2D eigenvalue weighted by Crippen LogP contribution is -2.15. The lowest BCUT2D eigenvalue weighted by atomic mass is 10.1. The Labute approximate surface area is 327 Å². The van der Waals surface area contributed by atoms with Gasteiger partial charge in [0.2, 0.25) is 0 Å². The van der Waals surface area contributed by atoms with Gasteiger partial charge in [-0.1, -0.05) is 71.1 Å². The molecular weight excluding hydrogens is 728 g/mol. The molecule has 326 valence electrons. The van der Waals surface area contributed by atoms with Crippen LogP contribution in [0.15, 0.2) is 0 Å². The molecule has 54 heavy (non-hydrogen) atoms. The third-order valence-electron chi connectivity index (χ3n) is 7.68. The maximum absolute atomic E-state index is 10.6. The van der Waals surface area contributed by atoms with Gasteiger partial charge in [-0.3, -0.25) is 4.55 Å². The average Bonchev–Trinajstić information content (AvgIpc) is 3.15. The second-order valence-electron chi connectivity index (χ2n) is 12.5. The fourth-order valence-corrected chi connectivity index (χ4v) is 5.22. The summed E-state index contributed by atoms with van der Waals surface area (Å²) in [5, 5.41) is 0. The summed E-state index contributed by atoms with van der Waals surface area (Å²) in [7, 11) is -3.92. The Bertz CT molecular complexity index is 795. The quantitative estimate of drug-likeness (QED) is 0.0660. The van der Waals surface area contributed by atoms with E-state index in [1.807, 2.05) is 0 Å². The predicted molar refractivity (Wildman–Crippen MR) is 207 cm³/mol. The lowest BCUT2D eigenvalue weighted by Gasteiger charge is -2.09. The molecule has 0 heterocycles. The zero-order chi connectivity index (χ0) is 39.1. The van der Waals surface area contributed by atoms with Crippen molar-refractivity contribution in [2.24, 2.45) is 0 Å². The summed E-state index contributed by atoms with van der Waals surface area (Å²) >= 11 is 0. The SMILES string of the molecule is CCCCCCCCCCCCCOCCOCCOCCOCCOCCOCCOCCOCCOCCOCCOCCOCCCS(=O)(=O)O. The van der Waals surface area contributed by atoms with E-state index in [1.165, 1.54) is 64.2 Å². The molecule has 16 heteroatoms. The molecule has 0 spiro atoms. The molecule has 0 atom stereocenters. The van der Waals surface area contributed by atoms with Crippen molar-refractivity contribution in [3.8, 4) is 0 Å². The van der Waals surface area contributed by atoms with Crippen LogP contribution < -0.4 is 0 Å². The molecule has 0 saturated heterocycles. The van der Waals surface area contributed by atoms with Gasteiger partial charge >= 0.3 is 0 Å². The molecule has 0 aromatic carbocycles. The summed E-state index contributed by atoms with van der Waals surface area (Å²) in [5.41, 5.74) is 0. The number of hydrogen-bond acceptors (Lipinski definition) is 14. The van der Waals surface area contributed by atoms with Crippen LogP contribution in [0.2, 0.25) is 0 Å². The normalized spacial score (nSPS) is 12.0. The van der Waals surface area contributed by atoms with Gasteiger partial charge in [0.15, 0.2) is 0 Å². The first-order valence-corrected chi connectivity index (χ1v) is 22.0. The summed E-state index contributed by atoms with van der Waals surface area (Å²) < 4.78 is 95.4. The van der Waals surface area contributed by atoms with Gasteiger partial charge in [0.05, 0.1) is 151 Å². The molecule has 0 amide bonds. The van der Waals surface area contributed by atoms with Gasteiger partial charge in [-0.25, -0.2) is 0 Å². The van der Waals surface area contributed by atoms with Crippen LogP contribution in [0.4, 0.5) is 0 Å². The van der Waals surface area contributed by atoms with Crippen LogP contribution >= 0.6 is 0 Å². The summed E-state index contributed by atoms with van der Waals surface area (Å²) in [6.45, 7) is 14.2. The minimum atomic E-state index is -3.92. The fourth-order valence-electron chi connectivity index (χ4n) is 4.73. The first kappa shape index (κ1) is 53.4. The van der Waals surface area contributed by atoms with Crippen molar-refractivity contribution < 1.29 is 69.8 Å². The van der Waals surface area contributed by atoms with E-state index in [2.05, 4.69) is 6.92 Å². The van der Waals surface area contributed by atoms with Gasteiger partial charge in [0.25, 0.3) is 10.1 Å². The van der Waals surface area contributed by atoms with Crippen molar-refractivity contribution in [3.63, 3.8) is 0 Å². The molecule has 0 saturated carbocycles.